The second-order valence-corrected chi connectivity index (χ2v) is 4.42. The van der Waals surface area contributed by atoms with Gasteiger partial charge in [-0.2, -0.15) is 0 Å². The maximum Gasteiger partial charge on any atom is 0.246 e. The van der Waals surface area contributed by atoms with Gasteiger partial charge in [0, 0.05) is 12.1 Å². The lowest BCUT2D eigenvalue weighted by Crippen LogP contribution is -2.25. The lowest BCUT2D eigenvalue weighted by Gasteiger charge is -2.07. The molecule has 0 aromatic heterocycles. The molecular weight excluding hydrogens is 222 g/mol. The summed E-state index contributed by atoms with van der Waals surface area (Å²) in [7, 11) is 0. The Labute approximate surface area is 107 Å². The van der Waals surface area contributed by atoms with Gasteiger partial charge in [-0.3, -0.25) is 4.79 Å². The van der Waals surface area contributed by atoms with Crippen LogP contribution in [0.3, 0.4) is 0 Å². The topological polar surface area (TPSA) is 29.1 Å². The molecule has 0 bridgehead atoms. The monoisotopic (exact) mass is 239 g/mol. The van der Waals surface area contributed by atoms with Crippen molar-refractivity contribution in [2.75, 3.05) is 6.54 Å². The van der Waals surface area contributed by atoms with E-state index in [1.165, 1.54) is 16.3 Å². The summed E-state index contributed by atoms with van der Waals surface area (Å²) in [5.41, 5.74) is 1.81. The number of amides is 1. The fourth-order valence-corrected chi connectivity index (χ4v) is 1.97. The van der Waals surface area contributed by atoms with Crippen molar-refractivity contribution in [3.8, 4) is 0 Å². The van der Waals surface area contributed by atoms with E-state index >= 15 is 0 Å². The molecule has 2 nitrogen and oxygen atoms in total. The molecule has 2 aromatic rings. The maximum atomic E-state index is 11.4. The zero-order valence-corrected chi connectivity index (χ0v) is 10.6. The normalized spacial score (nSPS) is 10.3. The van der Waals surface area contributed by atoms with Crippen molar-refractivity contribution in [1.82, 2.24) is 5.32 Å². The highest BCUT2D eigenvalue weighted by molar-refractivity contribution is 5.92. The summed E-state index contributed by atoms with van der Waals surface area (Å²) < 4.78 is 0. The highest BCUT2D eigenvalue weighted by atomic mass is 16.1. The minimum Gasteiger partial charge on any atom is -0.352 e. The Kier molecular flexibility index (Phi) is 3.78. The van der Waals surface area contributed by atoms with Crippen LogP contribution in [0.1, 0.15) is 12.5 Å². The van der Waals surface area contributed by atoms with Crippen LogP contribution in [-0.4, -0.2) is 12.5 Å². The van der Waals surface area contributed by atoms with E-state index in [0.29, 0.717) is 12.1 Å². The smallest absolute Gasteiger partial charge is 0.246 e. The minimum atomic E-state index is -0.0739. The van der Waals surface area contributed by atoms with Crippen LogP contribution in [0.2, 0.25) is 0 Å². The molecule has 0 atom stereocenters. The Morgan fingerprint density at radius 1 is 1.17 bits per heavy atom. The van der Waals surface area contributed by atoms with Gasteiger partial charge in [0.25, 0.3) is 0 Å². The zero-order valence-electron chi connectivity index (χ0n) is 10.6. The Morgan fingerprint density at radius 3 is 2.67 bits per heavy atom. The third-order valence-corrected chi connectivity index (χ3v) is 2.95. The number of fused-ring (bicyclic) bond motifs is 1. The van der Waals surface area contributed by atoms with Crippen LogP contribution in [0.25, 0.3) is 10.8 Å². The Morgan fingerprint density at radius 2 is 1.89 bits per heavy atom. The molecule has 92 valence electrons. The van der Waals surface area contributed by atoms with E-state index in [1.54, 1.807) is 6.92 Å². The van der Waals surface area contributed by atoms with E-state index in [1.807, 2.05) is 12.1 Å². The van der Waals surface area contributed by atoms with E-state index in [2.05, 4.69) is 42.2 Å². The first-order valence-electron chi connectivity index (χ1n) is 6.09. The van der Waals surface area contributed by atoms with Crippen LogP contribution in [0.5, 0.6) is 0 Å². The summed E-state index contributed by atoms with van der Waals surface area (Å²) >= 11 is 0. The molecule has 0 fully saturated rings. The lowest BCUT2D eigenvalue weighted by molar-refractivity contribution is -0.117. The van der Waals surface area contributed by atoms with Gasteiger partial charge in [-0.25, -0.2) is 0 Å². The van der Waals surface area contributed by atoms with Crippen molar-refractivity contribution in [2.24, 2.45) is 0 Å². The number of carbonyl (C=O) groups is 1. The average Bonchev–Trinajstić information content (AvgIpc) is 2.38. The van der Waals surface area contributed by atoms with Gasteiger partial charge in [0.15, 0.2) is 0 Å². The number of hydrogen-bond donors (Lipinski definition) is 1. The molecule has 0 heterocycles. The molecule has 1 amide bonds. The van der Waals surface area contributed by atoms with Gasteiger partial charge in [-0.05, 0) is 29.7 Å². The highest BCUT2D eigenvalue weighted by Crippen LogP contribution is 2.18. The second kappa shape index (κ2) is 5.50. The van der Waals surface area contributed by atoms with Gasteiger partial charge in [-0.15, -0.1) is 0 Å². The molecule has 18 heavy (non-hydrogen) atoms. The number of nitrogens with one attached hydrogen (secondary N) is 1. The van der Waals surface area contributed by atoms with E-state index in [-0.39, 0.29) is 5.91 Å². The van der Waals surface area contributed by atoms with Crippen LogP contribution < -0.4 is 5.32 Å². The van der Waals surface area contributed by atoms with Crippen LogP contribution >= 0.6 is 0 Å². The van der Waals surface area contributed by atoms with Crippen molar-refractivity contribution in [3.63, 3.8) is 0 Å². The molecule has 0 radical (unpaired) electrons. The fraction of sp³-hybridized carbons (Fsp3) is 0.188. The third kappa shape index (κ3) is 2.77. The van der Waals surface area contributed by atoms with E-state index in [9.17, 15) is 4.79 Å². The summed E-state index contributed by atoms with van der Waals surface area (Å²) in [5.74, 6) is -0.0739. The number of carbonyl (C=O) groups excluding carboxylic acids is 1. The SMILES string of the molecule is C=C(C)C(=O)NCCc1cccc2ccccc12. The number of benzene rings is 2. The molecule has 0 saturated carbocycles. The van der Waals surface area contributed by atoms with Crippen molar-refractivity contribution < 1.29 is 4.79 Å². The van der Waals surface area contributed by atoms with Gasteiger partial charge in [0.2, 0.25) is 5.91 Å². The first-order valence-corrected chi connectivity index (χ1v) is 6.09. The summed E-state index contributed by atoms with van der Waals surface area (Å²) in [6, 6.07) is 14.6. The average molecular weight is 239 g/mol. The van der Waals surface area contributed by atoms with Crippen LogP contribution in [0, 0.1) is 0 Å². The molecular formula is C16H17NO. The zero-order chi connectivity index (χ0) is 13.0. The van der Waals surface area contributed by atoms with Gasteiger partial charge < -0.3 is 5.32 Å². The molecule has 1 N–H and O–H groups in total. The van der Waals surface area contributed by atoms with Crippen molar-refractivity contribution in [2.45, 2.75) is 13.3 Å². The van der Waals surface area contributed by atoms with E-state index < -0.39 is 0 Å². The number of hydrogen-bond acceptors (Lipinski definition) is 1. The minimum absolute atomic E-state index is 0.0739. The van der Waals surface area contributed by atoms with E-state index in [4.69, 9.17) is 0 Å². The molecule has 0 aliphatic heterocycles. The first-order chi connectivity index (χ1) is 8.68. The van der Waals surface area contributed by atoms with Crippen LogP contribution in [0.4, 0.5) is 0 Å². The largest absolute Gasteiger partial charge is 0.352 e. The molecule has 2 aromatic carbocycles. The lowest BCUT2D eigenvalue weighted by atomic mass is 10.0. The van der Waals surface area contributed by atoms with Crippen molar-refractivity contribution in [1.29, 1.82) is 0 Å². The van der Waals surface area contributed by atoms with Gasteiger partial charge in [0.05, 0.1) is 0 Å². The molecule has 0 aliphatic rings. The van der Waals surface area contributed by atoms with Gasteiger partial charge >= 0.3 is 0 Å². The standard InChI is InChI=1S/C16H17NO/c1-12(2)16(18)17-11-10-14-8-5-7-13-6-3-4-9-15(13)14/h3-9H,1,10-11H2,2H3,(H,17,18). The quantitative estimate of drug-likeness (QED) is 0.816. The summed E-state index contributed by atoms with van der Waals surface area (Å²) in [6.07, 6.45) is 0.834. The molecule has 2 rings (SSSR count). The first kappa shape index (κ1) is 12.4. The summed E-state index contributed by atoms with van der Waals surface area (Å²) in [5, 5.41) is 5.35. The molecule has 0 aliphatic carbocycles. The number of rotatable bonds is 4. The fourth-order valence-electron chi connectivity index (χ4n) is 1.97. The van der Waals surface area contributed by atoms with E-state index in [0.717, 1.165) is 6.42 Å². The predicted octanol–water partition coefficient (Wildman–Crippen LogP) is 3.07. The highest BCUT2D eigenvalue weighted by Gasteiger charge is 2.02. The predicted molar refractivity (Wildman–Crippen MR) is 75.5 cm³/mol. The maximum absolute atomic E-state index is 11.4. The molecule has 0 saturated heterocycles. The third-order valence-electron chi connectivity index (χ3n) is 2.95. The van der Waals surface area contributed by atoms with Crippen molar-refractivity contribution in [3.05, 3.63) is 60.2 Å². The van der Waals surface area contributed by atoms with Gasteiger partial charge in [0.1, 0.15) is 0 Å². The van der Waals surface area contributed by atoms with Crippen molar-refractivity contribution >= 4 is 16.7 Å². The van der Waals surface area contributed by atoms with Crippen LogP contribution in [0.15, 0.2) is 54.6 Å². The summed E-state index contributed by atoms with van der Waals surface area (Å²) in [4.78, 5) is 11.4. The Bertz CT molecular complexity index is 581. The summed E-state index contributed by atoms with van der Waals surface area (Å²) in [6.45, 7) is 5.97. The molecule has 0 unspecified atom stereocenters. The Hall–Kier alpha value is -2.09. The molecule has 2 heteroatoms. The Balaban J connectivity index is 2.08. The van der Waals surface area contributed by atoms with Gasteiger partial charge in [-0.1, -0.05) is 49.0 Å². The second-order valence-electron chi connectivity index (χ2n) is 4.42. The molecule has 0 spiro atoms. The van der Waals surface area contributed by atoms with Crippen LogP contribution in [-0.2, 0) is 11.2 Å².